The summed E-state index contributed by atoms with van der Waals surface area (Å²) in [5, 5.41) is 6.41. The van der Waals surface area contributed by atoms with Crippen LogP contribution in [0.2, 0.25) is 15.1 Å². The topological polar surface area (TPSA) is 131 Å². The number of ether oxygens (including phenoxy) is 1. The van der Waals surface area contributed by atoms with Gasteiger partial charge in [0.1, 0.15) is 17.0 Å². The summed E-state index contributed by atoms with van der Waals surface area (Å²) in [5.74, 6) is -3.52. The SMILES string of the molecule is CC(C)(Oc1ccc(Cl)cc1C1CC(=O)NC(c2cc(F)ccc2Cl)C12C(=O)Nc1cc(Cl)ccc12)C(=O)NS(C)(=O)=O. The predicted molar refractivity (Wildman–Crippen MR) is 161 cm³/mol. The monoisotopic (exact) mass is 667 g/mol. The van der Waals surface area contributed by atoms with Crippen LogP contribution in [0.4, 0.5) is 10.1 Å². The highest BCUT2D eigenvalue weighted by Crippen LogP contribution is 2.59. The molecule has 0 aromatic heterocycles. The van der Waals surface area contributed by atoms with E-state index in [4.69, 9.17) is 39.5 Å². The average molecular weight is 669 g/mol. The van der Waals surface area contributed by atoms with Gasteiger partial charge in [-0.25, -0.2) is 17.5 Å². The molecule has 1 spiro atoms. The lowest BCUT2D eigenvalue weighted by Gasteiger charge is -2.47. The van der Waals surface area contributed by atoms with Crippen molar-refractivity contribution in [1.29, 1.82) is 0 Å². The number of amides is 3. The van der Waals surface area contributed by atoms with E-state index < -0.39 is 56.5 Å². The maximum Gasteiger partial charge on any atom is 0.277 e. The number of piperidine rings is 1. The highest BCUT2D eigenvalue weighted by molar-refractivity contribution is 7.89. The zero-order chi connectivity index (χ0) is 31.5. The average Bonchev–Trinajstić information content (AvgIpc) is 3.17. The molecule has 5 rings (SSSR count). The molecule has 0 aliphatic carbocycles. The number of fused-ring (bicyclic) bond motifs is 2. The van der Waals surface area contributed by atoms with Crippen LogP contribution < -0.4 is 20.1 Å². The van der Waals surface area contributed by atoms with E-state index in [1.165, 1.54) is 38.1 Å². The molecule has 9 nitrogen and oxygen atoms in total. The van der Waals surface area contributed by atoms with Gasteiger partial charge in [-0.3, -0.25) is 14.4 Å². The number of nitrogens with one attached hydrogen (secondary N) is 3. The van der Waals surface area contributed by atoms with Crippen LogP contribution >= 0.6 is 34.8 Å². The second-order valence-corrected chi connectivity index (χ2v) is 14.0. The molecule has 3 N–H and O–H groups in total. The van der Waals surface area contributed by atoms with Crippen molar-refractivity contribution in [2.24, 2.45) is 0 Å². The highest BCUT2D eigenvalue weighted by atomic mass is 35.5. The molecule has 3 aromatic carbocycles. The quantitative estimate of drug-likeness (QED) is 0.329. The van der Waals surface area contributed by atoms with Gasteiger partial charge in [0.2, 0.25) is 21.8 Å². The molecule has 0 saturated carbocycles. The number of halogens is 4. The van der Waals surface area contributed by atoms with Crippen molar-refractivity contribution in [2.45, 2.75) is 43.2 Å². The van der Waals surface area contributed by atoms with E-state index in [9.17, 15) is 27.2 Å². The molecule has 2 heterocycles. The molecule has 43 heavy (non-hydrogen) atoms. The zero-order valence-electron chi connectivity index (χ0n) is 22.9. The van der Waals surface area contributed by atoms with E-state index in [1.54, 1.807) is 18.2 Å². The fourth-order valence-corrected chi connectivity index (χ4v) is 6.92. The Morgan fingerprint density at radius 3 is 2.40 bits per heavy atom. The Bertz CT molecular complexity index is 1800. The molecular formula is C29H25Cl3FN3O6S. The van der Waals surface area contributed by atoms with E-state index in [-0.39, 0.29) is 33.3 Å². The number of carbonyl (C=O) groups is 3. The van der Waals surface area contributed by atoms with Gasteiger partial charge < -0.3 is 15.4 Å². The van der Waals surface area contributed by atoms with Crippen LogP contribution in [0.3, 0.4) is 0 Å². The fourth-order valence-electron chi connectivity index (χ4n) is 5.75. The number of benzene rings is 3. The van der Waals surface area contributed by atoms with Gasteiger partial charge in [-0.2, -0.15) is 0 Å². The van der Waals surface area contributed by atoms with E-state index in [0.29, 0.717) is 16.3 Å². The van der Waals surface area contributed by atoms with Gasteiger partial charge in [-0.05, 0) is 73.5 Å². The van der Waals surface area contributed by atoms with E-state index in [2.05, 4.69) is 10.6 Å². The Labute approximate surface area is 262 Å². The molecule has 226 valence electrons. The van der Waals surface area contributed by atoms with E-state index >= 15 is 0 Å². The summed E-state index contributed by atoms with van der Waals surface area (Å²) in [6.07, 6.45) is 0.588. The van der Waals surface area contributed by atoms with Crippen LogP contribution in [-0.2, 0) is 29.8 Å². The summed E-state index contributed by atoms with van der Waals surface area (Å²) in [6, 6.07) is 11.8. The Kier molecular flexibility index (Phi) is 7.92. The van der Waals surface area contributed by atoms with Crippen molar-refractivity contribution < 1.29 is 31.9 Å². The molecule has 2 aliphatic heterocycles. The summed E-state index contributed by atoms with van der Waals surface area (Å²) in [4.78, 5) is 40.5. The minimum absolute atomic E-state index is 0.0661. The van der Waals surface area contributed by atoms with Crippen LogP contribution in [0.1, 0.15) is 48.9 Å². The van der Waals surface area contributed by atoms with Crippen molar-refractivity contribution in [3.63, 3.8) is 0 Å². The molecular weight excluding hydrogens is 644 g/mol. The summed E-state index contributed by atoms with van der Waals surface area (Å²) in [6.45, 7) is 2.73. The van der Waals surface area contributed by atoms with Crippen LogP contribution in [-0.4, -0.2) is 38.0 Å². The van der Waals surface area contributed by atoms with Gasteiger partial charge in [0.25, 0.3) is 5.91 Å². The standard InChI is InChI=1S/C29H25Cl3FN3O6S/c1-28(2,26(38)36-43(3,40)41)42-23-9-5-14(30)10-17(23)20-13-24(37)35-25(18-12-16(33)6-8-21(18)32)29(20)19-7-4-15(31)11-22(19)34-27(29)39/h4-12,20,25H,13H2,1-3H3,(H,34,39)(H,35,37)(H,36,38). The molecule has 3 amide bonds. The number of hydrogen-bond donors (Lipinski definition) is 3. The van der Waals surface area contributed by atoms with Crippen LogP contribution in [0.5, 0.6) is 5.75 Å². The Hall–Kier alpha value is -3.38. The molecule has 0 bridgehead atoms. The van der Waals surface area contributed by atoms with Crippen molar-refractivity contribution in [2.75, 3.05) is 11.6 Å². The van der Waals surface area contributed by atoms with Crippen LogP contribution in [0, 0.1) is 5.82 Å². The molecule has 3 aromatic rings. The smallest absolute Gasteiger partial charge is 0.277 e. The van der Waals surface area contributed by atoms with Gasteiger partial charge in [0.15, 0.2) is 5.60 Å². The first-order valence-corrected chi connectivity index (χ1v) is 15.9. The third-order valence-corrected chi connectivity index (χ3v) is 8.93. The Morgan fingerprint density at radius 2 is 1.70 bits per heavy atom. The molecule has 0 radical (unpaired) electrons. The van der Waals surface area contributed by atoms with Gasteiger partial charge in [0, 0.05) is 38.7 Å². The number of carbonyl (C=O) groups excluding carboxylic acids is 3. The minimum atomic E-state index is -3.91. The number of sulfonamides is 1. The van der Waals surface area contributed by atoms with Crippen LogP contribution in [0.25, 0.3) is 0 Å². The van der Waals surface area contributed by atoms with Gasteiger partial charge >= 0.3 is 0 Å². The molecule has 14 heteroatoms. The Balaban J connectivity index is 1.76. The lowest BCUT2D eigenvalue weighted by molar-refractivity contribution is -0.133. The van der Waals surface area contributed by atoms with E-state index in [1.807, 2.05) is 4.72 Å². The summed E-state index contributed by atoms with van der Waals surface area (Å²) >= 11 is 19.3. The molecule has 2 aliphatic rings. The highest BCUT2D eigenvalue weighted by Gasteiger charge is 2.62. The normalized spacial score (nSPS) is 21.7. The number of anilines is 1. The third kappa shape index (κ3) is 5.66. The molecule has 1 saturated heterocycles. The van der Waals surface area contributed by atoms with Gasteiger partial charge in [0.05, 0.1) is 12.3 Å². The predicted octanol–water partition coefficient (Wildman–Crippen LogP) is 5.25. The van der Waals surface area contributed by atoms with E-state index in [0.717, 1.165) is 18.4 Å². The second kappa shape index (κ2) is 11.0. The lowest BCUT2D eigenvalue weighted by atomic mass is 9.59. The van der Waals surface area contributed by atoms with Crippen molar-refractivity contribution >= 4 is 68.2 Å². The number of rotatable bonds is 6. The van der Waals surface area contributed by atoms with Crippen molar-refractivity contribution in [1.82, 2.24) is 10.0 Å². The number of hydrogen-bond acceptors (Lipinski definition) is 6. The second-order valence-electron chi connectivity index (χ2n) is 10.9. The molecule has 3 atom stereocenters. The maximum atomic E-state index is 14.6. The maximum absolute atomic E-state index is 14.6. The fraction of sp³-hybridized carbons (Fsp3) is 0.276. The first-order valence-electron chi connectivity index (χ1n) is 12.9. The zero-order valence-corrected chi connectivity index (χ0v) is 26.0. The lowest BCUT2D eigenvalue weighted by Crippen LogP contribution is -2.57. The first kappa shape index (κ1) is 31.1. The van der Waals surface area contributed by atoms with Crippen molar-refractivity contribution in [3.05, 3.63) is 92.2 Å². The summed E-state index contributed by atoms with van der Waals surface area (Å²) in [7, 11) is -3.91. The van der Waals surface area contributed by atoms with Crippen LogP contribution in [0.15, 0.2) is 54.6 Å². The third-order valence-electron chi connectivity index (χ3n) is 7.56. The molecule has 1 fully saturated rings. The van der Waals surface area contributed by atoms with Gasteiger partial charge in [-0.1, -0.05) is 40.9 Å². The minimum Gasteiger partial charge on any atom is -0.478 e. The largest absolute Gasteiger partial charge is 0.478 e. The first-order chi connectivity index (χ1) is 20.0. The Morgan fingerprint density at radius 1 is 1.02 bits per heavy atom. The van der Waals surface area contributed by atoms with Crippen molar-refractivity contribution in [3.8, 4) is 5.75 Å². The van der Waals surface area contributed by atoms with Gasteiger partial charge in [-0.15, -0.1) is 0 Å². The summed E-state index contributed by atoms with van der Waals surface area (Å²) < 4.78 is 46.2. The molecule has 3 unspecified atom stereocenters. The summed E-state index contributed by atoms with van der Waals surface area (Å²) in [5.41, 5.74) is -2.09.